The zero-order valence-corrected chi connectivity index (χ0v) is 11.4. The van der Waals surface area contributed by atoms with Gasteiger partial charge in [0.2, 0.25) is 0 Å². The van der Waals surface area contributed by atoms with Crippen LogP contribution < -0.4 is 5.32 Å². The van der Waals surface area contributed by atoms with Crippen LogP contribution in [0.1, 0.15) is 32.2 Å². The van der Waals surface area contributed by atoms with Crippen LogP contribution in [0.5, 0.6) is 0 Å². The van der Waals surface area contributed by atoms with Crippen molar-refractivity contribution in [3.63, 3.8) is 0 Å². The lowest BCUT2D eigenvalue weighted by atomic mass is 9.91. The van der Waals surface area contributed by atoms with E-state index in [4.69, 9.17) is 4.74 Å². The number of ether oxygens (including phenoxy) is 1. The van der Waals surface area contributed by atoms with Crippen LogP contribution in [-0.4, -0.2) is 25.2 Å². The first-order valence-electron chi connectivity index (χ1n) is 5.72. The Bertz CT molecular complexity index is 287. The summed E-state index contributed by atoms with van der Waals surface area (Å²) in [7, 11) is 1.73. The molecule has 1 heterocycles. The number of thiazole rings is 1. The van der Waals surface area contributed by atoms with Gasteiger partial charge in [0.15, 0.2) is 0 Å². The van der Waals surface area contributed by atoms with Gasteiger partial charge in [-0.2, -0.15) is 0 Å². The zero-order chi connectivity index (χ0) is 12.0. The Morgan fingerprint density at radius 1 is 1.56 bits per heavy atom. The monoisotopic (exact) mass is 242 g/mol. The van der Waals surface area contributed by atoms with E-state index in [9.17, 15) is 0 Å². The highest BCUT2D eigenvalue weighted by molar-refractivity contribution is 7.09. The minimum Gasteiger partial charge on any atom is -0.383 e. The molecule has 0 aliphatic rings. The highest BCUT2D eigenvalue weighted by atomic mass is 32.1. The minimum atomic E-state index is -0.0269. The Morgan fingerprint density at radius 3 is 2.81 bits per heavy atom. The molecule has 1 aromatic rings. The van der Waals surface area contributed by atoms with Gasteiger partial charge in [-0.25, -0.2) is 4.98 Å². The van der Waals surface area contributed by atoms with E-state index in [1.54, 1.807) is 18.4 Å². The van der Waals surface area contributed by atoms with E-state index in [-0.39, 0.29) is 5.54 Å². The molecule has 0 saturated heterocycles. The van der Waals surface area contributed by atoms with Gasteiger partial charge in [-0.1, -0.05) is 13.8 Å². The first-order valence-corrected chi connectivity index (χ1v) is 6.60. The number of aromatic nitrogens is 1. The summed E-state index contributed by atoms with van der Waals surface area (Å²) in [6.45, 7) is 8.30. The lowest BCUT2D eigenvalue weighted by Gasteiger charge is -2.30. The Hall–Kier alpha value is -0.450. The topological polar surface area (TPSA) is 34.1 Å². The fraction of sp³-hybridized carbons (Fsp3) is 0.750. The molecule has 1 atom stereocenters. The maximum Gasteiger partial charge on any atom is 0.112 e. The summed E-state index contributed by atoms with van der Waals surface area (Å²) in [5.74, 6) is 0.643. The Kier molecular flexibility index (Phi) is 5.38. The molecule has 0 fully saturated rings. The van der Waals surface area contributed by atoms with Crippen molar-refractivity contribution in [3.8, 4) is 0 Å². The van der Waals surface area contributed by atoms with E-state index in [0.29, 0.717) is 5.92 Å². The third-order valence-electron chi connectivity index (χ3n) is 2.54. The van der Waals surface area contributed by atoms with Gasteiger partial charge < -0.3 is 10.1 Å². The molecule has 0 aliphatic heterocycles. The van der Waals surface area contributed by atoms with E-state index >= 15 is 0 Å². The molecule has 92 valence electrons. The molecule has 0 bridgehead atoms. The predicted octanol–water partition coefficient (Wildman–Crippen LogP) is 2.64. The summed E-state index contributed by atoms with van der Waals surface area (Å²) in [6.07, 6.45) is 2.96. The molecule has 3 nitrogen and oxygen atoms in total. The molecule has 0 radical (unpaired) electrons. The molecule has 0 aromatic carbocycles. The normalized spacial score (nSPS) is 15.3. The van der Waals surface area contributed by atoms with Crippen molar-refractivity contribution in [2.75, 3.05) is 20.3 Å². The molecule has 1 unspecified atom stereocenters. The Balaban J connectivity index is 2.68. The molecule has 0 amide bonds. The van der Waals surface area contributed by atoms with Crippen LogP contribution in [0.15, 0.2) is 11.6 Å². The van der Waals surface area contributed by atoms with E-state index in [2.05, 4.69) is 31.1 Å². The third-order valence-corrected chi connectivity index (χ3v) is 3.58. The van der Waals surface area contributed by atoms with Crippen molar-refractivity contribution in [1.29, 1.82) is 0 Å². The quantitative estimate of drug-likeness (QED) is 0.746. The molecular weight excluding hydrogens is 220 g/mol. The van der Waals surface area contributed by atoms with Gasteiger partial charge in [-0.05, 0) is 19.3 Å². The second kappa shape index (κ2) is 6.33. The lowest BCUT2D eigenvalue weighted by Crippen LogP contribution is -2.42. The van der Waals surface area contributed by atoms with Crippen LogP contribution in [0.4, 0.5) is 0 Å². The number of rotatable bonds is 7. The number of methoxy groups -OCH3 is 1. The second-order valence-corrected chi connectivity index (χ2v) is 5.58. The van der Waals surface area contributed by atoms with Crippen LogP contribution in [0.3, 0.4) is 0 Å². The van der Waals surface area contributed by atoms with Crippen LogP contribution in [0.2, 0.25) is 0 Å². The van der Waals surface area contributed by atoms with E-state index in [1.807, 2.05) is 11.6 Å². The highest BCUT2D eigenvalue weighted by Crippen LogP contribution is 2.29. The molecule has 1 rings (SSSR count). The molecule has 1 aromatic heterocycles. The Morgan fingerprint density at radius 2 is 2.31 bits per heavy atom. The summed E-state index contributed by atoms with van der Waals surface area (Å²) >= 11 is 1.72. The largest absolute Gasteiger partial charge is 0.383 e. The van der Waals surface area contributed by atoms with Crippen LogP contribution >= 0.6 is 11.3 Å². The number of nitrogens with zero attached hydrogens (tertiary/aromatic N) is 1. The number of hydrogen-bond acceptors (Lipinski definition) is 4. The summed E-state index contributed by atoms with van der Waals surface area (Å²) < 4.78 is 5.08. The molecule has 0 spiro atoms. The Labute approximate surface area is 102 Å². The smallest absolute Gasteiger partial charge is 0.112 e. The average Bonchev–Trinajstić information content (AvgIpc) is 2.70. The van der Waals surface area contributed by atoms with Crippen molar-refractivity contribution in [2.24, 2.45) is 5.92 Å². The SMILES string of the molecule is COCCNC(C)(CC(C)C)c1nccs1. The van der Waals surface area contributed by atoms with Gasteiger partial charge in [-0.3, -0.25) is 0 Å². The first-order chi connectivity index (χ1) is 7.58. The first kappa shape index (κ1) is 13.6. The molecule has 0 saturated carbocycles. The van der Waals surface area contributed by atoms with Crippen molar-refractivity contribution in [3.05, 3.63) is 16.6 Å². The third kappa shape index (κ3) is 3.85. The van der Waals surface area contributed by atoms with Crippen molar-refractivity contribution in [2.45, 2.75) is 32.7 Å². The fourth-order valence-electron chi connectivity index (χ4n) is 1.98. The summed E-state index contributed by atoms with van der Waals surface area (Å²) in [4.78, 5) is 4.44. The predicted molar refractivity (Wildman–Crippen MR) is 68.8 cm³/mol. The molecule has 0 aliphatic carbocycles. The van der Waals surface area contributed by atoms with Crippen LogP contribution in [0.25, 0.3) is 0 Å². The molecule has 1 N–H and O–H groups in total. The summed E-state index contributed by atoms with van der Waals surface area (Å²) in [6, 6.07) is 0. The van der Waals surface area contributed by atoms with E-state index < -0.39 is 0 Å². The second-order valence-electron chi connectivity index (χ2n) is 4.69. The standard InChI is InChI=1S/C12H22N2OS/c1-10(2)9-12(3,14-5-7-15-4)11-13-6-8-16-11/h6,8,10,14H,5,7,9H2,1-4H3. The van der Waals surface area contributed by atoms with Gasteiger partial charge in [0, 0.05) is 25.2 Å². The van der Waals surface area contributed by atoms with Crippen LogP contribution in [-0.2, 0) is 10.3 Å². The van der Waals surface area contributed by atoms with Crippen LogP contribution in [0, 0.1) is 5.92 Å². The summed E-state index contributed by atoms with van der Waals surface area (Å²) in [5.41, 5.74) is -0.0269. The van der Waals surface area contributed by atoms with Crippen molar-refractivity contribution < 1.29 is 4.74 Å². The van der Waals surface area contributed by atoms with E-state index in [0.717, 1.165) is 24.6 Å². The lowest BCUT2D eigenvalue weighted by molar-refractivity contribution is 0.180. The fourth-order valence-corrected chi connectivity index (χ4v) is 2.76. The maximum atomic E-state index is 5.08. The molecule has 4 heteroatoms. The molecule has 16 heavy (non-hydrogen) atoms. The molecular formula is C12H22N2OS. The van der Waals surface area contributed by atoms with Gasteiger partial charge in [0.05, 0.1) is 12.1 Å². The van der Waals surface area contributed by atoms with Gasteiger partial charge in [0.1, 0.15) is 5.01 Å². The van der Waals surface area contributed by atoms with Gasteiger partial charge >= 0.3 is 0 Å². The number of hydrogen-bond donors (Lipinski definition) is 1. The summed E-state index contributed by atoms with van der Waals surface area (Å²) in [5, 5.41) is 6.75. The zero-order valence-electron chi connectivity index (χ0n) is 10.6. The van der Waals surface area contributed by atoms with Crippen molar-refractivity contribution in [1.82, 2.24) is 10.3 Å². The average molecular weight is 242 g/mol. The van der Waals surface area contributed by atoms with Crippen molar-refractivity contribution >= 4 is 11.3 Å². The van der Waals surface area contributed by atoms with Gasteiger partial charge in [0.25, 0.3) is 0 Å². The minimum absolute atomic E-state index is 0.0269. The maximum absolute atomic E-state index is 5.08. The van der Waals surface area contributed by atoms with E-state index in [1.165, 1.54) is 0 Å². The highest BCUT2D eigenvalue weighted by Gasteiger charge is 2.29. The number of nitrogens with one attached hydrogen (secondary N) is 1. The van der Waals surface area contributed by atoms with Gasteiger partial charge in [-0.15, -0.1) is 11.3 Å².